The number of hydrogen-bond acceptors (Lipinski definition) is 5. The van der Waals surface area contributed by atoms with Crippen LogP contribution in [0, 0.1) is 0 Å². The van der Waals surface area contributed by atoms with Gasteiger partial charge in [0, 0.05) is 11.8 Å². The highest BCUT2D eigenvalue weighted by Crippen LogP contribution is 2.40. The van der Waals surface area contributed by atoms with E-state index in [1.807, 2.05) is 0 Å². The summed E-state index contributed by atoms with van der Waals surface area (Å²) in [7, 11) is 0. The van der Waals surface area contributed by atoms with Gasteiger partial charge in [-0.3, -0.25) is 4.79 Å². The Labute approximate surface area is 148 Å². The summed E-state index contributed by atoms with van der Waals surface area (Å²) in [6.45, 7) is 0. The molecule has 3 aromatic rings. The molecule has 0 aliphatic carbocycles. The zero-order valence-corrected chi connectivity index (χ0v) is 13.5. The average molecular weight is 349 g/mol. The largest absolute Gasteiger partial charge is 0.504 e. The van der Waals surface area contributed by atoms with Gasteiger partial charge in [0.1, 0.15) is 0 Å². The lowest BCUT2D eigenvalue weighted by Gasteiger charge is -2.16. The number of carbonyl (C=O) groups is 1. The Balaban J connectivity index is 1.87. The van der Waals surface area contributed by atoms with Crippen molar-refractivity contribution in [3.05, 3.63) is 77.1 Å². The Morgan fingerprint density at radius 3 is 2.23 bits per heavy atom. The quantitative estimate of drug-likeness (QED) is 0.420. The molecule has 0 spiro atoms. The molecule has 2 heterocycles. The van der Waals surface area contributed by atoms with Gasteiger partial charge < -0.3 is 25.0 Å². The van der Waals surface area contributed by atoms with Crippen LogP contribution in [0.25, 0.3) is 6.08 Å². The van der Waals surface area contributed by atoms with Crippen molar-refractivity contribution in [2.24, 2.45) is 0 Å². The second-order valence-corrected chi connectivity index (χ2v) is 6.13. The molecule has 130 valence electrons. The lowest BCUT2D eigenvalue weighted by molar-refractivity contribution is 0.103. The van der Waals surface area contributed by atoms with Crippen molar-refractivity contribution in [3.8, 4) is 23.0 Å². The number of ketones is 1. The van der Waals surface area contributed by atoms with Crippen molar-refractivity contribution in [2.75, 3.05) is 0 Å². The van der Waals surface area contributed by atoms with E-state index in [-0.39, 0.29) is 28.8 Å². The van der Waals surface area contributed by atoms with E-state index in [2.05, 4.69) is 0 Å². The first kappa shape index (κ1) is 15.8. The van der Waals surface area contributed by atoms with Gasteiger partial charge in [-0.05, 0) is 53.6 Å². The molecule has 0 saturated heterocycles. The molecule has 6 heteroatoms. The van der Waals surface area contributed by atoms with E-state index in [0.717, 1.165) is 0 Å². The third-order valence-electron chi connectivity index (χ3n) is 4.48. The van der Waals surface area contributed by atoms with E-state index in [4.69, 9.17) is 0 Å². The van der Waals surface area contributed by atoms with Crippen molar-refractivity contribution in [1.82, 2.24) is 4.57 Å². The molecule has 4 N–H and O–H groups in total. The Bertz CT molecular complexity index is 1060. The van der Waals surface area contributed by atoms with Gasteiger partial charge in [0.05, 0.1) is 11.7 Å². The van der Waals surface area contributed by atoms with Crippen LogP contribution in [-0.2, 0) is 0 Å². The first-order valence-electron chi connectivity index (χ1n) is 7.92. The van der Waals surface area contributed by atoms with E-state index in [0.29, 0.717) is 22.4 Å². The van der Waals surface area contributed by atoms with E-state index >= 15 is 0 Å². The lowest BCUT2D eigenvalue weighted by Crippen LogP contribution is -2.07. The number of nitrogens with zero attached hydrogens (tertiary/aromatic N) is 1. The Kier molecular flexibility index (Phi) is 3.47. The Hall–Kier alpha value is -3.67. The predicted octanol–water partition coefficient (Wildman–Crippen LogP) is 3.18. The minimum Gasteiger partial charge on any atom is -0.504 e. The van der Waals surface area contributed by atoms with Crippen molar-refractivity contribution in [1.29, 1.82) is 0 Å². The van der Waals surface area contributed by atoms with Crippen LogP contribution in [0.1, 0.15) is 27.7 Å². The number of rotatable bonds is 2. The van der Waals surface area contributed by atoms with Gasteiger partial charge in [-0.1, -0.05) is 12.1 Å². The predicted molar refractivity (Wildman–Crippen MR) is 94.4 cm³/mol. The number of phenols is 4. The SMILES string of the molecule is O=C1/C(=C/c2ccc(O)c(O)c2)C(c2ccc(O)c(O)c2)n2cccc21. The summed E-state index contributed by atoms with van der Waals surface area (Å²) >= 11 is 0. The van der Waals surface area contributed by atoms with Crippen LogP contribution in [-0.4, -0.2) is 30.8 Å². The molecule has 0 bridgehead atoms. The maximum Gasteiger partial charge on any atom is 0.207 e. The lowest BCUT2D eigenvalue weighted by atomic mass is 9.95. The van der Waals surface area contributed by atoms with Gasteiger partial charge in [0.2, 0.25) is 5.78 Å². The first-order chi connectivity index (χ1) is 12.5. The van der Waals surface area contributed by atoms with Crippen LogP contribution >= 0.6 is 0 Å². The molecule has 2 aromatic carbocycles. The van der Waals surface area contributed by atoms with Gasteiger partial charge in [-0.2, -0.15) is 0 Å². The van der Waals surface area contributed by atoms with E-state index in [1.54, 1.807) is 41.1 Å². The van der Waals surface area contributed by atoms with E-state index in [9.17, 15) is 25.2 Å². The van der Waals surface area contributed by atoms with Crippen molar-refractivity contribution < 1.29 is 25.2 Å². The first-order valence-corrected chi connectivity index (χ1v) is 7.92. The highest BCUT2D eigenvalue weighted by molar-refractivity contribution is 6.14. The standard InChI is InChI=1S/C20H15NO5/c22-15-5-3-11(9-17(15)24)8-13-19(12-4-6-16(23)18(25)10-12)21-7-1-2-14(21)20(13)26/h1-10,19,22-25H/b13-8+. The summed E-state index contributed by atoms with van der Waals surface area (Å²) in [6, 6.07) is 11.8. The Morgan fingerprint density at radius 2 is 1.54 bits per heavy atom. The third kappa shape index (κ3) is 2.39. The van der Waals surface area contributed by atoms with Gasteiger partial charge in [0.25, 0.3) is 0 Å². The molecule has 0 fully saturated rings. The second-order valence-electron chi connectivity index (χ2n) is 6.13. The van der Waals surface area contributed by atoms with Crippen LogP contribution < -0.4 is 0 Å². The van der Waals surface area contributed by atoms with Crippen molar-refractivity contribution >= 4 is 11.9 Å². The summed E-state index contributed by atoms with van der Waals surface area (Å²) in [5, 5.41) is 38.6. The minimum atomic E-state index is -0.477. The second kappa shape index (κ2) is 5.70. The van der Waals surface area contributed by atoms with Gasteiger partial charge in [0.15, 0.2) is 23.0 Å². The van der Waals surface area contributed by atoms with Crippen LogP contribution in [0.15, 0.2) is 60.3 Å². The van der Waals surface area contributed by atoms with Gasteiger partial charge in [-0.15, -0.1) is 0 Å². The molecule has 1 aliphatic rings. The molecule has 1 unspecified atom stereocenters. The number of benzene rings is 2. The maximum absolute atomic E-state index is 12.8. The van der Waals surface area contributed by atoms with Crippen molar-refractivity contribution in [3.63, 3.8) is 0 Å². The summed E-state index contributed by atoms with van der Waals surface area (Å²) < 4.78 is 1.79. The fraction of sp³-hybridized carbons (Fsp3) is 0.0500. The van der Waals surface area contributed by atoms with Crippen molar-refractivity contribution in [2.45, 2.75) is 6.04 Å². The highest BCUT2D eigenvalue weighted by atomic mass is 16.3. The summed E-state index contributed by atoms with van der Waals surface area (Å²) in [6.07, 6.45) is 3.42. The number of phenolic OH excluding ortho intramolecular Hbond substituents is 4. The summed E-state index contributed by atoms with van der Waals surface area (Å²) in [5.74, 6) is -1.18. The number of hydrogen-bond donors (Lipinski definition) is 4. The topological polar surface area (TPSA) is 103 Å². The number of aromatic hydroxyl groups is 4. The monoisotopic (exact) mass is 349 g/mol. The van der Waals surface area contributed by atoms with E-state index in [1.165, 1.54) is 24.3 Å². The number of carbonyl (C=O) groups excluding carboxylic acids is 1. The molecule has 0 amide bonds. The summed E-state index contributed by atoms with van der Waals surface area (Å²) in [4.78, 5) is 12.8. The fourth-order valence-electron chi connectivity index (χ4n) is 3.24. The molecular formula is C20H15NO5. The molecule has 4 rings (SSSR count). The molecule has 1 aromatic heterocycles. The molecule has 26 heavy (non-hydrogen) atoms. The molecular weight excluding hydrogens is 334 g/mol. The number of Topliss-reactive ketones (excluding diaryl/α,β-unsaturated/α-hetero) is 1. The van der Waals surface area contributed by atoms with Gasteiger partial charge >= 0.3 is 0 Å². The highest BCUT2D eigenvalue weighted by Gasteiger charge is 2.35. The van der Waals surface area contributed by atoms with E-state index < -0.39 is 6.04 Å². The fourth-order valence-corrected chi connectivity index (χ4v) is 3.24. The minimum absolute atomic E-state index is 0.167. The zero-order chi connectivity index (χ0) is 18.4. The zero-order valence-electron chi connectivity index (χ0n) is 13.5. The normalized spacial score (nSPS) is 17.6. The van der Waals surface area contributed by atoms with Crippen LogP contribution in [0.2, 0.25) is 0 Å². The molecule has 6 nitrogen and oxygen atoms in total. The smallest absolute Gasteiger partial charge is 0.207 e. The van der Waals surface area contributed by atoms with Crippen LogP contribution in [0.3, 0.4) is 0 Å². The Morgan fingerprint density at radius 1 is 0.846 bits per heavy atom. The van der Waals surface area contributed by atoms with Gasteiger partial charge in [-0.25, -0.2) is 0 Å². The number of aromatic nitrogens is 1. The molecule has 1 aliphatic heterocycles. The third-order valence-corrected chi connectivity index (χ3v) is 4.48. The molecule has 0 radical (unpaired) electrons. The number of fused-ring (bicyclic) bond motifs is 1. The maximum atomic E-state index is 12.8. The van der Waals surface area contributed by atoms with Crippen LogP contribution in [0.5, 0.6) is 23.0 Å². The molecule has 1 atom stereocenters. The average Bonchev–Trinajstić information content (AvgIpc) is 3.17. The molecule has 0 saturated carbocycles. The van der Waals surface area contributed by atoms with Crippen LogP contribution in [0.4, 0.5) is 0 Å². The number of allylic oxidation sites excluding steroid dienone is 1. The summed E-state index contributed by atoms with van der Waals surface area (Å²) in [5.41, 5.74) is 2.16.